The predicted octanol–water partition coefficient (Wildman–Crippen LogP) is 2.87. The van der Waals surface area contributed by atoms with Gasteiger partial charge in [-0.05, 0) is 52.4 Å². The van der Waals surface area contributed by atoms with Gasteiger partial charge in [-0.15, -0.1) is 0 Å². The number of hydrogen-bond acceptors (Lipinski definition) is 3. The summed E-state index contributed by atoms with van der Waals surface area (Å²) in [5.74, 6) is -0.430. The van der Waals surface area contributed by atoms with E-state index in [0.29, 0.717) is 18.8 Å². The molecular formula is C14H26O4S. The summed E-state index contributed by atoms with van der Waals surface area (Å²) >= 11 is 0. The second-order valence-electron chi connectivity index (χ2n) is 6.78. The third-order valence-corrected chi connectivity index (χ3v) is 7.13. The molecule has 1 aliphatic carbocycles. The van der Waals surface area contributed by atoms with Crippen LogP contribution in [0.1, 0.15) is 59.8 Å². The minimum absolute atomic E-state index is 0.0285. The van der Waals surface area contributed by atoms with Crippen LogP contribution in [0.15, 0.2) is 0 Å². The summed E-state index contributed by atoms with van der Waals surface area (Å²) in [5.41, 5.74) is -0.820. The summed E-state index contributed by atoms with van der Waals surface area (Å²) in [6.45, 7) is 7.06. The van der Waals surface area contributed by atoms with Gasteiger partial charge in [-0.1, -0.05) is 13.3 Å². The fourth-order valence-electron chi connectivity index (χ4n) is 2.75. The van der Waals surface area contributed by atoms with E-state index in [4.69, 9.17) is 0 Å². The van der Waals surface area contributed by atoms with Gasteiger partial charge in [0.25, 0.3) is 0 Å². The van der Waals surface area contributed by atoms with Gasteiger partial charge in [0.15, 0.2) is 9.84 Å². The standard InChI is InChI=1S/C14H26O4S/c1-5-11-6-7-14(10-11,12(15)16)8-9-19(17,18)13(2,3)4/h11H,5-10H2,1-4H3,(H,15,16). The van der Waals surface area contributed by atoms with Gasteiger partial charge < -0.3 is 5.11 Å². The first-order valence-corrected chi connectivity index (χ1v) is 8.65. The van der Waals surface area contributed by atoms with E-state index in [1.165, 1.54) is 0 Å². The van der Waals surface area contributed by atoms with Crippen molar-refractivity contribution >= 4 is 15.8 Å². The molecule has 1 rings (SSSR count). The highest BCUT2D eigenvalue weighted by atomic mass is 32.2. The SMILES string of the molecule is CCC1CCC(CCS(=O)(=O)C(C)(C)C)(C(=O)O)C1. The third kappa shape index (κ3) is 3.50. The fourth-order valence-corrected chi connectivity index (χ4v) is 4.02. The lowest BCUT2D eigenvalue weighted by Gasteiger charge is -2.27. The van der Waals surface area contributed by atoms with Gasteiger partial charge in [-0.3, -0.25) is 4.79 Å². The zero-order chi connectivity index (χ0) is 14.9. The maximum Gasteiger partial charge on any atom is 0.309 e. The number of carbonyl (C=O) groups is 1. The molecule has 0 aromatic heterocycles. The molecule has 0 aliphatic heterocycles. The quantitative estimate of drug-likeness (QED) is 0.845. The van der Waals surface area contributed by atoms with Gasteiger partial charge in [-0.25, -0.2) is 8.42 Å². The molecule has 1 saturated carbocycles. The molecule has 0 heterocycles. The lowest BCUT2D eigenvalue weighted by Crippen LogP contribution is -2.36. The van der Waals surface area contributed by atoms with E-state index in [2.05, 4.69) is 6.92 Å². The molecule has 2 unspecified atom stereocenters. The molecule has 1 aliphatic rings. The van der Waals surface area contributed by atoms with E-state index in [1.807, 2.05) is 0 Å². The number of carboxylic acids is 1. The zero-order valence-electron chi connectivity index (χ0n) is 12.4. The topological polar surface area (TPSA) is 71.4 Å². The minimum Gasteiger partial charge on any atom is -0.481 e. The molecule has 19 heavy (non-hydrogen) atoms. The van der Waals surface area contributed by atoms with Crippen LogP contribution in [0, 0.1) is 11.3 Å². The molecule has 112 valence electrons. The third-order valence-electron chi connectivity index (χ3n) is 4.52. The van der Waals surface area contributed by atoms with Crippen LogP contribution in [0.5, 0.6) is 0 Å². The van der Waals surface area contributed by atoms with Crippen LogP contribution >= 0.6 is 0 Å². The maximum atomic E-state index is 12.1. The monoisotopic (exact) mass is 290 g/mol. The van der Waals surface area contributed by atoms with Crippen molar-refractivity contribution in [3.63, 3.8) is 0 Å². The smallest absolute Gasteiger partial charge is 0.309 e. The van der Waals surface area contributed by atoms with E-state index in [-0.39, 0.29) is 12.2 Å². The minimum atomic E-state index is -3.24. The van der Waals surface area contributed by atoms with Crippen molar-refractivity contribution < 1.29 is 18.3 Å². The van der Waals surface area contributed by atoms with Gasteiger partial charge >= 0.3 is 5.97 Å². The molecule has 0 saturated heterocycles. The van der Waals surface area contributed by atoms with E-state index in [9.17, 15) is 18.3 Å². The zero-order valence-corrected chi connectivity index (χ0v) is 13.2. The summed E-state index contributed by atoms with van der Waals surface area (Å²) < 4.78 is 23.5. The van der Waals surface area contributed by atoms with Crippen molar-refractivity contribution in [3.8, 4) is 0 Å². The van der Waals surface area contributed by atoms with Crippen molar-refractivity contribution in [2.24, 2.45) is 11.3 Å². The molecule has 0 spiro atoms. The number of rotatable bonds is 5. The summed E-state index contributed by atoms with van der Waals surface area (Å²) in [6.07, 6.45) is 3.36. The van der Waals surface area contributed by atoms with Crippen LogP contribution in [0.3, 0.4) is 0 Å². The average Bonchev–Trinajstić information content (AvgIpc) is 2.70. The van der Waals surface area contributed by atoms with E-state index in [0.717, 1.165) is 12.8 Å². The maximum absolute atomic E-state index is 12.1. The first kappa shape index (κ1) is 16.5. The highest BCUT2D eigenvalue weighted by Gasteiger charge is 2.46. The van der Waals surface area contributed by atoms with Gasteiger partial charge in [-0.2, -0.15) is 0 Å². The molecular weight excluding hydrogens is 264 g/mol. The predicted molar refractivity (Wildman–Crippen MR) is 75.9 cm³/mol. The normalized spacial score (nSPS) is 28.5. The Morgan fingerprint density at radius 1 is 1.37 bits per heavy atom. The van der Waals surface area contributed by atoms with Crippen LogP contribution in [0.25, 0.3) is 0 Å². The van der Waals surface area contributed by atoms with Gasteiger partial charge in [0, 0.05) is 0 Å². The molecule has 1 N–H and O–H groups in total. The Kier molecular flexibility index (Phi) is 4.71. The Balaban J connectivity index is 2.81. The Bertz CT molecular complexity index is 433. The molecule has 4 nitrogen and oxygen atoms in total. The second kappa shape index (κ2) is 5.43. The molecule has 0 aromatic carbocycles. The number of sulfone groups is 1. The van der Waals surface area contributed by atoms with Crippen LogP contribution in [0.2, 0.25) is 0 Å². The molecule has 0 bridgehead atoms. The van der Waals surface area contributed by atoms with Crippen molar-refractivity contribution in [3.05, 3.63) is 0 Å². The van der Waals surface area contributed by atoms with E-state index in [1.54, 1.807) is 20.8 Å². The summed E-state index contributed by atoms with van der Waals surface area (Å²) in [4.78, 5) is 11.6. The van der Waals surface area contributed by atoms with Crippen molar-refractivity contribution in [1.29, 1.82) is 0 Å². The average molecular weight is 290 g/mol. The summed E-state index contributed by atoms with van der Waals surface area (Å²) in [6, 6.07) is 0. The molecule has 0 radical (unpaired) electrons. The van der Waals surface area contributed by atoms with Gasteiger partial charge in [0.2, 0.25) is 0 Å². The van der Waals surface area contributed by atoms with Gasteiger partial charge in [0.1, 0.15) is 0 Å². The second-order valence-corrected chi connectivity index (χ2v) is 9.65. The van der Waals surface area contributed by atoms with Crippen molar-refractivity contribution in [2.75, 3.05) is 5.75 Å². The molecule has 5 heteroatoms. The van der Waals surface area contributed by atoms with Crippen LogP contribution < -0.4 is 0 Å². The Hall–Kier alpha value is -0.580. The number of carboxylic acid groups (broad SMARTS) is 1. The highest BCUT2D eigenvalue weighted by Crippen LogP contribution is 2.46. The largest absolute Gasteiger partial charge is 0.481 e. The first-order chi connectivity index (χ1) is 8.54. The fraction of sp³-hybridized carbons (Fsp3) is 0.929. The molecule has 2 atom stereocenters. The number of hydrogen-bond donors (Lipinski definition) is 1. The summed E-state index contributed by atoms with van der Waals surface area (Å²) in [5, 5.41) is 9.48. The summed E-state index contributed by atoms with van der Waals surface area (Å²) in [7, 11) is -3.24. The van der Waals surface area contributed by atoms with E-state index < -0.39 is 26.0 Å². The Labute approximate surface area is 116 Å². The van der Waals surface area contributed by atoms with Crippen molar-refractivity contribution in [2.45, 2.75) is 64.5 Å². The molecule has 1 fully saturated rings. The molecule has 0 aromatic rings. The highest BCUT2D eigenvalue weighted by molar-refractivity contribution is 7.92. The molecule has 0 amide bonds. The number of aliphatic carboxylic acids is 1. The van der Waals surface area contributed by atoms with E-state index >= 15 is 0 Å². The first-order valence-electron chi connectivity index (χ1n) is 7.00. The Morgan fingerprint density at radius 3 is 2.32 bits per heavy atom. The lowest BCUT2D eigenvalue weighted by molar-refractivity contribution is -0.149. The Morgan fingerprint density at radius 2 is 1.95 bits per heavy atom. The lowest BCUT2D eigenvalue weighted by atomic mass is 9.82. The van der Waals surface area contributed by atoms with Crippen molar-refractivity contribution in [1.82, 2.24) is 0 Å². The van der Waals surface area contributed by atoms with Crippen LogP contribution in [-0.4, -0.2) is 30.0 Å². The van der Waals surface area contributed by atoms with Crippen LogP contribution in [-0.2, 0) is 14.6 Å². The van der Waals surface area contributed by atoms with Gasteiger partial charge in [0.05, 0.1) is 15.9 Å². The van der Waals surface area contributed by atoms with Crippen LogP contribution in [0.4, 0.5) is 0 Å².